The number of amides is 1. The molecule has 2 heterocycles. The minimum absolute atomic E-state index is 0.0289. The molecule has 0 aliphatic heterocycles. The molecule has 0 saturated carbocycles. The van der Waals surface area contributed by atoms with E-state index in [1.54, 1.807) is 27.9 Å². The van der Waals surface area contributed by atoms with E-state index in [-0.39, 0.29) is 6.42 Å². The fourth-order valence-electron chi connectivity index (χ4n) is 3.06. The Hall–Kier alpha value is -3.55. The van der Waals surface area contributed by atoms with Gasteiger partial charge in [-0.25, -0.2) is 14.6 Å². The normalized spacial score (nSPS) is 12.4. The first-order valence-corrected chi connectivity index (χ1v) is 9.50. The maximum Gasteiger partial charge on any atom is 0.408 e. The van der Waals surface area contributed by atoms with Crippen LogP contribution in [0.3, 0.4) is 0 Å². The Balaban J connectivity index is 1.98. The largest absolute Gasteiger partial charge is 0.497 e. The van der Waals surface area contributed by atoms with E-state index in [1.807, 2.05) is 53.1 Å². The molecule has 3 aromatic rings. The monoisotopic (exact) mass is 411 g/mol. The fraction of sp³-hybridized carbons (Fsp3) is 0.318. The summed E-state index contributed by atoms with van der Waals surface area (Å²) in [5.74, 6) is -0.452. The van der Waals surface area contributed by atoms with Crippen molar-refractivity contribution < 1.29 is 24.2 Å². The molecule has 1 amide bonds. The molecule has 2 N–H and O–H groups in total. The van der Waals surface area contributed by atoms with Crippen LogP contribution in [0.25, 0.3) is 16.9 Å². The number of rotatable bonds is 6. The number of fused-ring (bicyclic) bond motifs is 1. The predicted molar refractivity (Wildman–Crippen MR) is 112 cm³/mol. The van der Waals surface area contributed by atoms with Gasteiger partial charge < -0.3 is 24.3 Å². The van der Waals surface area contributed by atoms with E-state index in [4.69, 9.17) is 9.47 Å². The molecule has 1 aromatic carbocycles. The summed E-state index contributed by atoms with van der Waals surface area (Å²) in [6.07, 6.45) is 1.06. The highest BCUT2D eigenvalue weighted by molar-refractivity contribution is 5.81. The summed E-state index contributed by atoms with van der Waals surface area (Å²) in [5.41, 5.74) is 2.07. The van der Waals surface area contributed by atoms with E-state index in [0.29, 0.717) is 22.8 Å². The minimum atomic E-state index is -1.18. The van der Waals surface area contributed by atoms with E-state index in [1.165, 1.54) is 0 Å². The van der Waals surface area contributed by atoms with Gasteiger partial charge in [-0.15, -0.1) is 0 Å². The fourth-order valence-corrected chi connectivity index (χ4v) is 3.06. The summed E-state index contributed by atoms with van der Waals surface area (Å²) in [6, 6.07) is 11.7. The van der Waals surface area contributed by atoms with E-state index in [0.717, 1.165) is 5.56 Å². The van der Waals surface area contributed by atoms with Crippen molar-refractivity contribution in [2.24, 2.45) is 0 Å². The second-order valence-corrected chi connectivity index (χ2v) is 7.81. The van der Waals surface area contributed by atoms with E-state index < -0.39 is 23.7 Å². The Labute approximate surface area is 174 Å². The van der Waals surface area contributed by atoms with E-state index >= 15 is 0 Å². The molecule has 1 atom stereocenters. The molecule has 8 nitrogen and oxygen atoms in total. The lowest BCUT2D eigenvalue weighted by molar-refractivity contribution is -0.139. The van der Waals surface area contributed by atoms with Gasteiger partial charge in [-0.2, -0.15) is 0 Å². The van der Waals surface area contributed by atoms with Crippen molar-refractivity contribution in [1.82, 2.24) is 14.7 Å². The van der Waals surface area contributed by atoms with Gasteiger partial charge in [0.15, 0.2) is 0 Å². The average molecular weight is 411 g/mol. The quantitative estimate of drug-likeness (QED) is 0.643. The zero-order valence-electron chi connectivity index (χ0n) is 17.4. The molecule has 0 spiro atoms. The number of aromatic nitrogens is 2. The zero-order chi connectivity index (χ0) is 21.9. The third kappa shape index (κ3) is 4.89. The highest BCUT2D eigenvalue weighted by Gasteiger charge is 2.27. The lowest BCUT2D eigenvalue weighted by Gasteiger charge is -2.22. The standard InChI is InChI=1S/C22H25N3O5/c1-22(2,3)30-21(28)23-16(20(26)27)13-17-19(14-8-10-15(29-4)11-9-14)24-18-7-5-6-12-25(17)18/h5-12,16H,13H2,1-4H3,(H,23,28)(H,26,27). The van der Waals surface area contributed by atoms with Crippen molar-refractivity contribution >= 4 is 17.7 Å². The Morgan fingerprint density at radius 2 is 1.87 bits per heavy atom. The molecule has 0 aliphatic rings. The van der Waals surface area contributed by atoms with Gasteiger partial charge in [-0.05, 0) is 57.2 Å². The number of methoxy groups -OCH3 is 1. The topological polar surface area (TPSA) is 102 Å². The van der Waals surface area contributed by atoms with Crippen LogP contribution in [0.15, 0.2) is 48.7 Å². The van der Waals surface area contributed by atoms with Crippen molar-refractivity contribution in [3.05, 3.63) is 54.4 Å². The summed E-state index contributed by atoms with van der Waals surface area (Å²) < 4.78 is 12.3. The van der Waals surface area contributed by atoms with Gasteiger partial charge in [0, 0.05) is 18.2 Å². The molecule has 0 radical (unpaired) electrons. The third-order valence-electron chi connectivity index (χ3n) is 4.38. The highest BCUT2D eigenvalue weighted by atomic mass is 16.6. The van der Waals surface area contributed by atoms with Gasteiger partial charge in [-0.3, -0.25) is 0 Å². The minimum Gasteiger partial charge on any atom is -0.497 e. The van der Waals surface area contributed by atoms with Crippen LogP contribution in [0.2, 0.25) is 0 Å². The summed E-state index contributed by atoms with van der Waals surface area (Å²) >= 11 is 0. The van der Waals surface area contributed by atoms with Crippen molar-refractivity contribution in [1.29, 1.82) is 0 Å². The van der Waals surface area contributed by atoms with Crippen LogP contribution in [-0.2, 0) is 16.0 Å². The number of aliphatic carboxylic acids is 1. The molecule has 3 rings (SSSR count). The van der Waals surface area contributed by atoms with E-state index in [9.17, 15) is 14.7 Å². The number of carbonyl (C=O) groups is 2. The van der Waals surface area contributed by atoms with Gasteiger partial charge >= 0.3 is 12.1 Å². The predicted octanol–water partition coefficient (Wildman–Crippen LogP) is 3.53. The number of ether oxygens (including phenoxy) is 2. The van der Waals surface area contributed by atoms with Crippen LogP contribution in [0.5, 0.6) is 5.75 Å². The Bertz CT molecular complexity index is 1050. The number of alkyl carbamates (subject to hydrolysis) is 1. The van der Waals surface area contributed by atoms with Gasteiger partial charge in [0.2, 0.25) is 0 Å². The molecule has 30 heavy (non-hydrogen) atoms. The van der Waals surface area contributed by atoms with Gasteiger partial charge in [0.05, 0.1) is 18.5 Å². The maximum absolute atomic E-state index is 12.2. The van der Waals surface area contributed by atoms with Crippen molar-refractivity contribution in [2.45, 2.75) is 38.8 Å². The van der Waals surface area contributed by atoms with Crippen LogP contribution in [0, 0.1) is 0 Å². The van der Waals surface area contributed by atoms with Crippen LogP contribution >= 0.6 is 0 Å². The molecule has 0 aliphatic carbocycles. The number of carbonyl (C=O) groups excluding carboxylic acids is 1. The molecular formula is C22H25N3O5. The van der Waals surface area contributed by atoms with Crippen LogP contribution in [0.4, 0.5) is 4.79 Å². The summed E-state index contributed by atoms with van der Waals surface area (Å²) in [5, 5.41) is 12.2. The number of carboxylic acids is 1. The molecule has 0 saturated heterocycles. The number of imidazole rings is 1. The first-order chi connectivity index (χ1) is 14.2. The number of benzene rings is 1. The number of nitrogens with one attached hydrogen (secondary N) is 1. The molecular weight excluding hydrogens is 386 g/mol. The number of nitrogens with zero attached hydrogens (tertiary/aromatic N) is 2. The van der Waals surface area contributed by atoms with Crippen molar-refractivity contribution in [3.8, 4) is 17.0 Å². The lowest BCUT2D eigenvalue weighted by atomic mass is 10.0. The summed E-state index contributed by atoms with van der Waals surface area (Å²) in [7, 11) is 1.59. The summed E-state index contributed by atoms with van der Waals surface area (Å²) in [4.78, 5) is 28.7. The van der Waals surface area contributed by atoms with Crippen LogP contribution in [-0.4, -0.2) is 45.3 Å². The average Bonchev–Trinajstić information content (AvgIpc) is 3.04. The zero-order valence-corrected chi connectivity index (χ0v) is 17.4. The number of hydrogen-bond donors (Lipinski definition) is 2. The summed E-state index contributed by atoms with van der Waals surface area (Å²) in [6.45, 7) is 5.15. The Kier molecular flexibility index (Phi) is 5.96. The highest BCUT2D eigenvalue weighted by Crippen LogP contribution is 2.27. The van der Waals surface area contributed by atoms with Crippen LogP contribution in [0.1, 0.15) is 26.5 Å². The number of hydrogen-bond acceptors (Lipinski definition) is 5. The van der Waals surface area contributed by atoms with Gasteiger partial charge in [0.1, 0.15) is 23.0 Å². The third-order valence-corrected chi connectivity index (χ3v) is 4.38. The molecule has 0 fully saturated rings. The van der Waals surface area contributed by atoms with Crippen molar-refractivity contribution in [2.75, 3.05) is 7.11 Å². The maximum atomic E-state index is 12.2. The Morgan fingerprint density at radius 3 is 2.47 bits per heavy atom. The SMILES string of the molecule is COc1ccc(-c2nc3ccccn3c2CC(NC(=O)OC(C)(C)C)C(=O)O)cc1. The number of pyridine rings is 1. The molecule has 0 bridgehead atoms. The molecule has 8 heteroatoms. The second-order valence-electron chi connectivity index (χ2n) is 7.81. The first kappa shape index (κ1) is 21.2. The lowest BCUT2D eigenvalue weighted by Crippen LogP contribution is -2.44. The second kappa shape index (κ2) is 8.44. The van der Waals surface area contributed by atoms with Gasteiger partial charge in [-0.1, -0.05) is 6.07 Å². The molecule has 2 aromatic heterocycles. The molecule has 1 unspecified atom stereocenters. The van der Waals surface area contributed by atoms with E-state index in [2.05, 4.69) is 10.3 Å². The van der Waals surface area contributed by atoms with Crippen molar-refractivity contribution in [3.63, 3.8) is 0 Å². The Morgan fingerprint density at radius 1 is 1.17 bits per heavy atom. The smallest absolute Gasteiger partial charge is 0.408 e. The van der Waals surface area contributed by atoms with Gasteiger partial charge in [0.25, 0.3) is 0 Å². The number of carboxylic acid groups (broad SMARTS) is 1. The first-order valence-electron chi connectivity index (χ1n) is 9.50. The molecule has 158 valence electrons. The van der Waals surface area contributed by atoms with Crippen LogP contribution < -0.4 is 10.1 Å².